The number of amides is 1. The van der Waals surface area contributed by atoms with E-state index in [0.717, 1.165) is 59.4 Å². The van der Waals surface area contributed by atoms with E-state index in [0.29, 0.717) is 5.56 Å². The molecule has 0 aliphatic heterocycles. The Morgan fingerprint density at radius 3 is 2.63 bits per heavy atom. The predicted octanol–water partition coefficient (Wildman–Crippen LogP) is 4.14. The molecule has 1 amide bonds. The maximum atomic E-state index is 12.3. The summed E-state index contributed by atoms with van der Waals surface area (Å²) in [5, 5.41) is 13.5. The molecule has 1 N–H and O–H groups in total. The van der Waals surface area contributed by atoms with E-state index in [1.807, 2.05) is 57.0 Å². The number of carbonyl (C=O) groups is 1. The van der Waals surface area contributed by atoms with E-state index in [2.05, 4.69) is 26.1 Å². The molecule has 1 fully saturated rings. The lowest BCUT2D eigenvalue weighted by atomic mass is 9.93. The molecular weight excluding hydrogens is 442 g/mol. The van der Waals surface area contributed by atoms with Gasteiger partial charge in [-0.05, 0) is 43.9 Å². The molecule has 0 unspecified atom stereocenters. The highest BCUT2D eigenvalue weighted by atomic mass is 16.5. The summed E-state index contributed by atoms with van der Waals surface area (Å²) in [5.41, 5.74) is 3.60. The van der Waals surface area contributed by atoms with E-state index in [1.54, 1.807) is 23.7 Å². The fourth-order valence-corrected chi connectivity index (χ4v) is 4.76. The normalized spacial score (nSPS) is 17.9. The number of nitrogens with one attached hydrogen (secondary N) is 1. The zero-order valence-electron chi connectivity index (χ0n) is 20.6. The summed E-state index contributed by atoms with van der Waals surface area (Å²) in [5.74, 6) is 1.54. The maximum Gasteiger partial charge on any atom is 0.253 e. The van der Waals surface area contributed by atoms with Crippen molar-refractivity contribution in [2.45, 2.75) is 37.8 Å². The number of aryl methyl sites for hydroxylation is 1. The molecule has 9 heteroatoms. The summed E-state index contributed by atoms with van der Waals surface area (Å²) in [7, 11) is 7.30. The molecule has 0 spiro atoms. The van der Waals surface area contributed by atoms with Gasteiger partial charge in [0.25, 0.3) is 5.91 Å². The summed E-state index contributed by atoms with van der Waals surface area (Å²) in [6, 6.07) is 9.80. The van der Waals surface area contributed by atoms with E-state index < -0.39 is 0 Å². The van der Waals surface area contributed by atoms with Crippen LogP contribution in [0.15, 0.2) is 48.9 Å². The Balaban J connectivity index is 1.35. The Morgan fingerprint density at radius 2 is 1.94 bits per heavy atom. The van der Waals surface area contributed by atoms with E-state index in [-0.39, 0.29) is 18.1 Å². The van der Waals surface area contributed by atoms with Gasteiger partial charge in [0, 0.05) is 63.2 Å². The Morgan fingerprint density at radius 1 is 1.14 bits per heavy atom. The molecule has 1 aliphatic rings. The fourth-order valence-electron chi connectivity index (χ4n) is 4.76. The number of pyridine rings is 1. The molecule has 0 saturated heterocycles. The number of anilines is 1. The Bertz CT molecular complexity index is 1350. The first-order chi connectivity index (χ1) is 16.9. The molecule has 0 radical (unpaired) electrons. The third-order valence-corrected chi connectivity index (χ3v) is 6.61. The second-order valence-electron chi connectivity index (χ2n) is 9.31. The van der Waals surface area contributed by atoms with Crippen LogP contribution in [-0.4, -0.2) is 62.6 Å². The van der Waals surface area contributed by atoms with Gasteiger partial charge in [-0.15, -0.1) is 0 Å². The lowest BCUT2D eigenvalue weighted by Gasteiger charge is -2.29. The predicted molar refractivity (Wildman–Crippen MR) is 136 cm³/mol. The van der Waals surface area contributed by atoms with Crippen LogP contribution in [0.25, 0.3) is 22.2 Å². The van der Waals surface area contributed by atoms with Crippen LogP contribution >= 0.6 is 0 Å². The zero-order chi connectivity index (χ0) is 24.5. The smallest absolute Gasteiger partial charge is 0.253 e. The summed E-state index contributed by atoms with van der Waals surface area (Å²) in [6.07, 6.45) is 9.60. The number of nitrogens with zero attached hydrogens (tertiary/aromatic N) is 6. The van der Waals surface area contributed by atoms with E-state index >= 15 is 0 Å². The van der Waals surface area contributed by atoms with Crippen LogP contribution in [0.1, 0.15) is 42.1 Å². The minimum absolute atomic E-state index is 0.0235. The Hall–Kier alpha value is -3.88. The zero-order valence-corrected chi connectivity index (χ0v) is 20.6. The first kappa shape index (κ1) is 22.9. The van der Waals surface area contributed by atoms with Crippen LogP contribution in [0.2, 0.25) is 0 Å². The highest BCUT2D eigenvalue weighted by molar-refractivity contribution is 5.94. The number of fused-ring (bicyclic) bond motifs is 1. The average Bonchev–Trinajstić information content (AvgIpc) is 3.47. The molecule has 182 valence electrons. The van der Waals surface area contributed by atoms with Gasteiger partial charge in [0.2, 0.25) is 0 Å². The van der Waals surface area contributed by atoms with Gasteiger partial charge >= 0.3 is 0 Å². The van der Waals surface area contributed by atoms with Crippen LogP contribution in [0.4, 0.5) is 5.82 Å². The lowest BCUT2D eigenvalue weighted by Crippen LogP contribution is -2.26. The van der Waals surface area contributed by atoms with Gasteiger partial charge < -0.3 is 15.0 Å². The number of benzene rings is 1. The Kier molecular flexibility index (Phi) is 6.15. The topological polar surface area (TPSA) is 90.1 Å². The van der Waals surface area contributed by atoms with E-state index in [4.69, 9.17) is 9.84 Å². The number of hydrogen-bond acceptors (Lipinski definition) is 6. The van der Waals surface area contributed by atoms with Gasteiger partial charge in [-0.3, -0.25) is 14.2 Å². The molecule has 1 saturated carbocycles. The summed E-state index contributed by atoms with van der Waals surface area (Å²) in [6.45, 7) is 0. The van der Waals surface area contributed by atoms with Crippen molar-refractivity contribution in [1.82, 2.24) is 29.4 Å². The summed E-state index contributed by atoms with van der Waals surface area (Å²) >= 11 is 0. The number of rotatable bonds is 6. The standard InChI is InChI=1S/C26H31N7O2/c1-27-24-13-23-22(15-28-24)25(18-14-29-32(4)16-18)30-33(23)19-8-10-20(11-9-19)35-21-7-5-6-17(12-21)26(34)31(2)3/h5-7,12-16,19-20H,8-11H2,1-4H3,(H,27,28)/t19-,20+. The monoisotopic (exact) mass is 473 g/mol. The Labute approximate surface area is 204 Å². The number of hydrogen-bond donors (Lipinski definition) is 1. The first-order valence-electron chi connectivity index (χ1n) is 12.0. The van der Waals surface area contributed by atoms with Gasteiger partial charge in [0.1, 0.15) is 17.3 Å². The molecule has 5 rings (SSSR count). The molecular formula is C26H31N7O2. The molecule has 3 aromatic heterocycles. The van der Waals surface area contributed by atoms with E-state index in [9.17, 15) is 4.79 Å². The molecule has 1 aliphatic carbocycles. The first-order valence-corrected chi connectivity index (χ1v) is 12.0. The summed E-state index contributed by atoms with van der Waals surface area (Å²) < 4.78 is 10.2. The molecule has 3 heterocycles. The summed E-state index contributed by atoms with van der Waals surface area (Å²) in [4.78, 5) is 18.4. The van der Waals surface area contributed by atoms with Crippen molar-refractivity contribution in [1.29, 1.82) is 0 Å². The quantitative estimate of drug-likeness (QED) is 0.453. The van der Waals surface area contributed by atoms with Crippen molar-refractivity contribution < 1.29 is 9.53 Å². The third kappa shape index (κ3) is 4.58. The fraction of sp³-hybridized carbons (Fsp3) is 0.385. The van der Waals surface area contributed by atoms with Crippen molar-refractivity contribution in [3.63, 3.8) is 0 Å². The molecule has 0 bridgehead atoms. The van der Waals surface area contributed by atoms with Gasteiger partial charge in [-0.25, -0.2) is 4.98 Å². The minimum Gasteiger partial charge on any atom is -0.490 e. The second-order valence-corrected chi connectivity index (χ2v) is 9.31. The molecule has 35 heavy (non-hydrogen) atoms. The third-order valence-electron chi connectivity index (χ3n) is 6.61. The second kappa shape index (κ2) is 9.40. The van der Waals surface area contributed by atoms with Crippen LogP contribution in [0.3, 0.4) is 0 Å². The van der Waals surface area contributed by atoms with Crippen LogP contribution < -0.4 is 10.1 Å². The molecule has 1 aromatic carbocycles. The largest absolute Gasteiger partial charge is 0.490 e. The van der Waals surface area contributed by atoms with Gasteiger partial charge in [0.15, 0.2) is 0 Å². The molecule has 9 nitrogen and oxygen atoms in total. The maximum absolute atomic E-state index is 12.3. The highest BCUT2D eigenvalue weighted by Crippen LogP contribution is 2.36. The minimum atomic E-state index is -0.0235. The van der Waals surface area contributed by atoms with Crippen molar-refractivity contribution in [3.05, 3.63) is 54.5 Å². The van der Waals surface area contributed by atoms with Crippen molar-refractivity contribution in [3.8, 4) is 17.0 Å². The van der Waals surface area contributed by atoms with E-state index in [1.165, 1.54) is 0 Å². The number of aromatic nitrogens is 5. The van der Waals surface area contributed by atoms with Crippen LogP contribution in [0.5, 0.6) is 5.75 Å². The van der Waals surface area contributed by atoms with Gasteiger partial charge in [-0.1, -0.05) is 6.07 Å². The molecule has 0 atom stereocenters. The van der Waals surface area contributed by atoms with Crippen LogP contribution in [-0.2, 0) is 7.05 Å². The number of carbonyl (C=O) groups excluding carboxylic acids is 1. The van der Waals surface area contributed by atoms with Crippen molar-refractivity contribution >= 4 is 22.6 Å². The molecule has 4 aromatic rings. The number of ether oxygens (including phenoxy) is 1. The van der Waals surface area contributed by atoms with Crippen LogP contribution in [0, 0.1) is 0 Å². The SMILES string of the molecule is CNc1cc2c(cn1)c(-c1cnn(C)c1)nn2[C@H]1CC[C@@H](Oc2cccc(C(=O)N(C)C)c2)CC1. The van der Waals surface area contributed by atoms with Gasteiger partial charge in [-0.2, -0.15) is 10.2 Å². The van der Waals surface area contributed by atoms with Crippen molar-refractivity contribution in [2.24, 2.45) is 7.05 Å². The average molecular weight is 474 g/mol. The lowest BCUT2D eigenvalue weighted by molar-refractivity contribution is 0.0826. The van der Waals surface area contributed by atoms with Gasteiger partial charge in [0.05, 0.1) is 23.9 Å². The highest BCUT2D eigenvalue weighted by Gasteiger charge is 2.27. The van der Waals surface area contributed by atoms with Crippen molar-refractivity contribution in [2.75, 3.05) is 26.5 Å².